The number of ether oxygens (including phenoxy) is 1. The molecule has 3 N–H and O–H groups in total. The summed E-state index contributed by atoms with van der Waals surface area (Å²) in [6.45, 7) is 5.37. The molecule has 1 heterocycles. The van der Waals surface area contributed by atoms with Crippen molar-refractivity contribution in [2.75, 3.05) is 6.61 Å². The van der Waals surface area contributed by atoms with E-state index < -0.39 is 11.7 Å². The first-order valence-corrected chi connectivity index (χ1v) is 7.67. The smallest absolute Gasteiger partial charge is 0.407 e. The second-order valence-electron chi connectivity index (χ2n) is 6.71. The topological polar surface area (TPSA) is 74.3 Å². The van der Waals surface area contributed by atoms with Crippen LogP contribution in [0.25, 0.3) is 0 Å². The van der Waals surface area contributed by atoms with Crippen LogP contribution in [-0.2, 0) is 24.0 Å². The molecule has 1 atom stereocenters. The molecule has 2 rings (SSSR count). The van der Waals surface area contributed by atoms with Crippen LogP contribution in [0.2, 0.25) is 0 Å². The predicted octanol–water partition coefficient (Wildman–Crippen LogP) is 2.32. The molecule has 0 saturated heterocycles. The van der Waals surface area contributed by atoms with Crippen LogP contribution in [0, 0.1) is 0 Å². The highest BCUT2D eigenvalue weighted by Gasteiger charge is 2.22. The number of hydrogen-bond donors (Lipinski definition) is 3. The van der Waals surface area contributed by atoms with Gasteiger partial charge in [-0.05, 0) is 64.0 Å². The minimum absolute atomic E-state index is 0.0980. The molecule has 1 aromatic rings. The number of H-pyrrole nitrogens is 1. The molecular formula is C16H26N2O3. The fraction of sp³-hybridized carbons (Fsp3) is 0.688. The van der Waals surface area contributed by atoms with Crippen LogP contribution in [0.5, 0.6) is 0 Å². The number of carbonyl (C=O) groups excluding carboxylic acids is 1. The summed E-state index contributed by atoms with van der Waals surface area (Å²) in [5.41, 5.74) is 3.34. The summed E-state index contributed by atoms with van der Waals surface area (Å²) in [7, 11) is 0. The number of nitrogens with one attached hydrogen (secondary N) is 2. The second kappa shape index (κ2) is 6.52. The van der Waals surface area contributed by atoms with E-state index in [2.05, 4.69) is 10.3 Å². The van der Waals surface area contributed by atoms with Gasteiger partial charge in [0.2, 0.25) is 0 Å². The van der Waals surface area contributed by atoms with E-state index in [0.717, 1.165) is 12.8 Å². The van der Waals surface area contributed by atoms with Crippen LogP contribution in [0.15, 0.2) is 6.20 Å². The molecular weight excluding hydrogens is 268 g/mol. The second-order valence-corrected chi connectivity index (χ2v) is 6.71. The Kier molecular flexibility index (Phi) is 4.93. The zero-order valence-corrected chi connectivity index (χ0v) is 13.2. The number of hydrogen-bond acceptors (Lipinski definition) is 3. The number of aliphatic hydroxyl groups excluding tert-OH is 1. The minimum Gasteiger partial charge on any atom is -0.444 e. The van der Waals surface area contributed by atoms with Crippen LogP contribution < -0.4 is 5.32 Å². The molecule has 5 nitrogen and oxygen atoms in total. The molecule has 1 aliphatic rings. The van der Waals surface area contributed by atoms with Gasteiger partial charge in [0, 0.05) is 11.9 Å². The molecule has 0 fully saturated rings. The molecule has 0 saturated carbocycles. The van der Waals surface area contributed by atoms with Gasteiger partial charge in [-0.15, -0.1) is 0 Å². The molecule has 1 amide bonds. The number of carbonyl (C=O) groups is 1. The van der Waals surface area contributed by atoms with Gasteiger partial charge in [-0.2, -0.15) is 0 Å². The van der Waals surface area contributed by atoms with Gasteiger partial charge < -0.3 is 20.1 Å². The molecule has 118 valence electrons. The number of amides is 1. The third kappa shape index (κ3) is 4.49. The van der Waals surface area contributed by atoms with Crippen molar-refractivity contribution in [1.29, 1.82) is 0 Å². The van der Waals surface area contributed by atoms with Gasteiger partial charge in [0.25, 0.3) is 0 Å². The lowest BCUT2D eigenvalue weighted by Crippen LogP contribution is -2.42. The maximum absolute atomic E-state index is 11.8. The van der Waals surface area contributed by atoms with E-state index in [1.807, 2.05) is 27.0 Å². The van der Waals surface area contributed by atoms with Gasteiger partial charge in [-0.25, -0.2) is 4.79 Å². The minimum atomic E-state index is -0.530. The normalized spacial score (nSPS) is 16.2. The van der Waals surface area contributed by atoms with Crippen molar-refractivity contribution in [3.8, 4) is 0 Å². The molecule has 0 bridgehead atoms. The average Bonchev–Trinajstić information content (AvgIpc) is 2.79. The maximum Gasteiger partial charge on any atom is 0.407 e. The van der Waals surface area contributed by atoms with Crippen molar-refractivity contribution in [1.82, 2.24) is 10.3 Å². The maximum atomic E-state index is 11.8. The van der Waals surface area contributed by atoms with Crippen molar-refractivity contribution in [2.45, 2.75) is 64.5 Å². The number of fused-ring (bicyclic) bond motifs is 1. The molecule has 0 aromatic carbocycles. The number of alkyl carbamates (subject to hydrolysis) is 1. The summed E-state index contributed by atoms with van der Waals surface area (Å²) in [5, 5.41) is 12.2. The lowest BCUT2D eigenvalue weighted by atomic mass is 9.93. The van der Waals surface area contributed by atoms with E-state index in [0.29, 0.717) is 6.42 Å². The van der Waals surface area contributed by atoms with Gasteiger partial charge >= 0.3 is 6.09 Å². The van der Waals surface area contributed by atoms with Crippen LogP contribution in [0.3, 0.4) is 0 Å². The number of aliphatic hydroxyl groups is 1. The van der Waals surface area contributed by atoms with E-state index in [1.165, 1.54) is 29.7 Å². The van der Waals surface area contributed by atoms with E-state index >= 15 is 0 Å². The molecule has 1 aliphatic carbocycles. The Bertz CT molecular complexity index is 488. The summed E-state index contributed by atoms with van der Waals surface area (Å²) in [4.78, 5) is 15.1. The van der Waals surface area contributed by atoms with Crippen molar-refractivity contribution in [2.24, 2.45) is 0 Å². The Labute approximate surface area is 126 Å². The lowest BCUT2D eigenvalue weighted by Gasteiger charge is -2.23. The number of rotatable bonds is 4. The van der Waals surface area contributed by atoms with Gasteiger partial charge in [-0.3, -0.25) is 0 Å². The molecule has 0 aliphatic heterocycles. The van der Waals surface area contributed by atoms with Crippen LogP contribution >= 0.6 is 0 Å². The zero-order chi connectivity index (χ0) is 15.5. The van der Waals surface area contributed by atoms with E-state index in [9.17, 15) is 9.90 Å². The standard InChI is InChI=1S/C16H26N2O3/c1-16(2,3)21-15(20)18-12(10-19)8-11-9-17-14-7-5-4-6-13(11)14/h9,12,17,19H,4-8,10H2,1-3H3,(H,18,20)/t12-/m0/s1. The van der Waals surface area contributed by atoms with Crippen molar-refractivity contribution < 1.29 is 14.6 Å². The third-order valence-electron chi connectivity index (χ3n) is 3.68. The highest BCUT2D eigenvalue weighted by molar-refractivity contribution is 5.68. The Morgan fingerprint density at radius 3 is 2.81 bits per heavy atom. The van der Waals surface area contributed by atoms with Crippen LogP contribution in [0.1, 0.15) is 50.4 Å². The fourth-order valence-corrected chi connectivity index (χ4v) is 2.76. The van der Waals surface area contributed by atoms with Crippen LogP contribution in [0.4, 0.5) is 4.79 Å². The lowest BCUT2D eigenvalue weighted by molar-refractivity contribution is 0.0482. The Morgan fingerprint density at radius 1 is 1.43 bits per heavy atom. The third-order valence-corrected chi connectivity index (χ3v) is 3.68. The summed E-state index contributed by atoms with van der Waals surface area (Å²) in [6.07, 6.45) is 6.77. The molecule has 1 aromatic heterocycles. The largest absolute Gasteiger partial charge is 0.444 e. The number of aromatic nitrogens is 1. The fourth-order valence-electron chi connectivity index (χ4n) is 2.76. The highest BCUT2D eigenvalue weighted by atomic mass is 16.6. The van der Waals surface area contributed by atoms with Crippen molar-refractivity contribution >= 4 is 6.09 Å². The monoisotopic (exact) mass is 294 g/mol. The molecule has 0 radical (unpaired) electrons. The van der Waals surface area contributed by atoms with Crippen molar-refractivity contribution in [3.63, 3.8) is 0 Å². The van der Waals surface area contributed by atoms with Gasteiger partial charge in [0.1, 0.15) is 5.60 Å². The average molecular weight is 294 g/mol. The number of aromatic amines is 1. The summed E-state index contributed by atoms with van der Waals surface area (Å²) < 4.78 is 5.23. The van der Waals surface area contributed by atoms with Crippen LogP contribution in [-0.4, -0.2) is 34.4 Å². The van der Waals surface area contributed by atoms with E-state index in [4.69, 9.17) is 4.74 Å². The Hall–Kier alpha value is -1.49. The van der Waals surface area contributed by atoms with Gasteiger partial charge in [-0.1, -0.05) is 0 Å². The Balaban J connectivity index is 1.96. The molecule has 5 heteroatoms. The quantitative estimate of drug-likeness (QED) is 0.798. The van der Waals surface area contributed by atoms with E-state index in [1.54, 1.807) is 0 Å². The first-order chi connectivity index (χ1) is 9.89. The van der Waals surface area contributed by atoms with Gasteiger partial charge in [0.05, 0.1) is 12.6 Å². The number of aryl methyl sites for hydroxylation is 1. The molecule has 0 unspecified atom stereocenters. The summed E-state index contributed by atoms with van der Waals surface area (Å²) in [6, 6.07) is -0.318. The van der Waals surface area contributed by atoms with E-state index in [-0.39, 0.29) is 12.6 Å². The highest BCUT2D eigenvalue weighted by Crippen LogP contribution is 2.24. The van der Waals surface area contributed by atoms with Gasteiger partial charge in [0.15, 0.2) is 0 Å². The first kappa shape index (κ1) is 15.9. The SMILES string of the molecule is CC(C)(C)OC(=O)N[C@H](CO)Cc1c[nH]c2c1CCCC2. The summed E-state index contributed by atoms with van der Waals surface area (Å²) >= 11 is 0. The summed E-state index contributed by atoms with van der Waals surface area (Å²) in [5.74, 6) is 0. The first-order valence-electron chi connectivity index (χ1n) is 7.67. The predicted molar refractivity (Wildman–Crippen MR) is 81.4 cm³/mol. The molecule has 21 heavy (non-hydrogen) atoms. The molecule has 0 spiro atoms. The Morgan fingerprint density at radius 2 is 2.14 bits per heavy atom. The van der Waals surface area contributed by atoms with Crippen molar-refractivity contribution in [3.05, 3.63) is 23.0 Å². The zero-order valence-electron chi connectivity index (χ0n) is 13.2.